The van der Waals surface area contributed by atoms with Crippen molar-refractivity contribution in [1.82, 2.24) is 14.9 Å². The highest BCUT2D eigenvalue weighted by molar-refractivity contribution is 5.77. The van der Waals surface area contributed by atoms with E-state index in [0.29, 0.717) is 31.2 Å². The summed E-state index contributed by atoms with van der Waals surface area (Å²) in [6, 6.07) is 4.33. The van der Waals surface area contributed by atoms with Crippen LogP contribution >= 0.6 is 0 Å². The van der Waals surface area contributed by atoms with Crippen molar-refractivity contribution in [2.45, 2.75) is 27.2 Å². The van der Waals surface area contributed by atoms with Gasteiger partial charge in [0.05, 0.1) is 0 Å². The van der Waals surface area contributed by atoms with Crippen molar-refractivity contribution in [2.75, 3.05) is 31.1 Å². The maximum absolute atomic E-state index is 12.3. The van der Waals surface area contributed by atoms with Crippen LogP contribution in [0.2, 0.25) is 0 Å². The normalized spacial score (nSPS) is 16.3. The number of carbonyl (C=O) groups is 1. The van der Waals surface area contributed by atoms with Crippen molar-refractivity contribution in [2.24, 2.45) is 5.41 Å². The Morgan fingerprint density at radius 3 is 2.64 bits per heavy atom. The van der Waals surface area contributed by atoms with Gasteiger partial charge in [-0.3, -0.25) is 4.79 Å². The summed E-state index contributed by atoms with van der Waals surface area (Å²) in [5, 5.41) is 0. The quantitative estimate of drug-likeness (QED) is 0.852. The van der Waals surface area contributed by atoms with E-state index in [1.807, 2.05) is 17.0 Å². The van der Waals surface area contributed by atoms with E-state index < -0.39 is 0 Å². The second-order valence-electron chi connectivity index (χ2n) is 6.93. The van der Waals surface area contributed by atoms with Gasteiger partial charge in [-0.05, 0) is 17.5 Å². The molecule has 3 heterocycles. The number of anilines is 1. The summed E-state index contributed by atoms with van der Waals surface area (Å²) in [6.45, 7) is 9.17. The van der Waals surface area contributed by atoms with Crippen molar-refractivity contribution >= 4 is 23.2 Å². The van der Waals surface area contributed by atoms with E-state index in [4.69, 9.17) is 4.42 Å². The molecule has 6 nitrogen and oxygen atoms in total. The average Bonchev–Trinajstić information content (AvgIpc) is 2.89. The third kappa shape index (κ3) is 3.21. The number of nitrogens with zero attached hydrogens (tertiary/aromatic N) is 4. The Bertz CT molecular complexity index is 633. The van der Waals surface area contributed by atoms with E-state index in [1.54, 1.807) is 6.20 Å². The van der Waals surface area contributed by atoms with E-state index in [9.17, 15) is 4.79 Å². The Morgan fingerprint density at radius 1 is 1.27 bits per heavy atom. The molecule has 0 radical (unpaired) electrons. The van der Waals surface area contributed by atoms with Crippen LogP contribution in [0.25, 0.3) is 11.2 Å². The third-order valence-corrected chi connectivity index (χ3v) is 3.74. The van der Waals surface area contributed by atoms with Crippen LogP contribution in [0.1, 0.15) is 27.2 Å². The lowest BCUT2D eigenvalue weighted by atomic mass is 9.91. The molecule has 1 saturated heterocycles. The summed E-state index contributed by atoms with van der Waals surface area (Å²) in [6.07, 6.45) is 2.28. The van der Waals surface area contributed by atoms with Crippen LogP contribution in [0, 0.1) is 5.41 Å². The number of amides is 1. The molecule has 3 rings (SSSR count). The highest BCUT2D eigenvalue weighted by Gasteiger charge is 2.26. The Kier molecular flexibility index (Phi) is 3.76. The summed E-state index contributed by atoms with van der Waals surface area (Å²) in [7, 11) is 0. The van der Waals surface area contributed by atoms with Crippen LogP contribution in [-0.2, 0) is 4.79 Å². The minimum Gasteiger partial charge on any atom is -0.404 e. The number of oxazole rings is 1. The molecule has 1 aliphatic heterocycles. The minimum absolute atomic E-state index is 0.0280. The summed E-state index contributed by atoms with van der Waals surface area (Å²) in [5.41, 5.74) is 1.35. The van der Waals surface area contributed by atoms with Crippen LogP contribution in [-0.4, -0.2) is 47.0 Å². The molecule has 2 aromatic rings. The molecule has 0 unspecified atom stereocenters. The van der Waals surface area contributed by atoms with Gasteiger partial charge in [0.25, 0.3) is 6.01 Å². The smallest absolute Gasteiger partial charge is 0.299 e. The molecule has 1 fully saturated rings. The summed E-state index contributed by atoms with van der Waals surface area (Å²) in [5.74, 6) is 0.228. The molecule has 0 spiro atoms. The third-order valence-electron chi connectivity index (χ3n) is 3.74. The maximum Gasteiger partial charge on any atom is 0.299 e. The van der Waals surface area contributed by atoms with E-state index in [1.165, 1.54) is 0 Å². The predicted octanol–water partition coefficient (Wildman–Crippen LogP) is 2.31. The molecular weight excluding hydrogens is 280 g/mol. The number of rotatable bonds is 2. The Labute approximate surface area is 130 Å². The van der Waals surface area contributed by atoms with Crippen LogP contribution in [0.5, 0.6) is 0 Å². The van der Waals surface area contributed by atoms with Gasteiger partial charge in [0.15, 0.2) is 0 Å². The standard InChI is InChI=1S/C16H22N4O2/c1-16(2,3)11-13(21)19-7-9-20(10-8-19)15-18-12-5-4-6-17-14(12)22-15/h4-6H,7-11H2,1-3H3. The Hall–Kier alpha value is -2.11. The first kappa shape index (κ1) is 14.8. The molecule has 22 heavy (non-hydrogen) atoms. The number of hydrogen-bond acceptors (Lipinski definition) is 5. The highest BCUT2D eigenvalue weighted by atomic mass is 16.4. The Balaban J connectivity index is 1.63. The van der Waals surface area contributed by atoms with Crippen molar-refractivity contribution in [3.8, 4) is 0 Å². The Morgan fingerprint density at radius 2 is 2.00 bits per heavy atom. The molecule has 0 aliphatic carbocycles. The largest absolute Gasteiger partial charge is 0.404 e. The van der Waals surface area contributed by atoms with Gasteiger partial charge < -0.3 is 14.2 Å². The van der Waals surface area contributed by atoms with Crippen molar-refractivity contribution < 1.29 is 9.21 Å². The highest BCUT2D eigenvalue weighted by Crippen LogP contribution is 2.23. The number of carbonyl (C=O) groups excluding carboxylic acids is 1. The summed E-state index contributed by atoms with van der Waals surface area (Å²) in [4.78, 5) is 24.9. The number of fused-ring (bicyclic) bond motifs is 1. The van der Waals surface area contributed by atoms with Crippen LogP contribution < -0.4 is 4.90 Å². The molecule has 6 heteroatoms. The number of piperazine rings is 1. The SMILES string of the molecule is CC(C)(C)CC(=O)N1CCN(c2nc3cccnc3o2)CC1. The molecule has 1 aliphatic rings. The zero-order chi connectivity index (χ0) is 15.7. The van der Waals surface area contributed by atoms with Crippen molar-refractivity contribution in [3.05, 3.63) is 18.3 Å². The molecule has 2 aromatic heterocycles. The van der Waals surface area contributed by atoms with Gasteiger partial charge in [0.1, 0.15) is 5.52 Å². The summed E-state index contributed by atoms with van der Waals surface area (Å²) >= 11 is 0. The second kappa shape index (κ2) is 5.59. The van der Waals surface area contributed by atoms with Crippen LogP contribution in [0.4, 0.5) is 6.01 Å². The number of hydrogen-bond donors (Lipinski definition) is 0. The number of pyridine rings is 1. The fourth-order valence-electron chi connectivity index (χ4n) is 2.61. The first-order valence-electron chi connectivity index (χ1n) is 7.67. The monoisotopic (exact) mass is 302 g/mol. The van der Waals surface area contributed by atoms with E-state index in [2.05, 4.69) is 35.6 Å². The number of aromatic nitrogens is 2. The van der Waals surface area contributed by atoms with Gasteiger partial charge in [-0.2, -0.15) is 4.98 Å². The second-order valence-corrected chi connectivity index (χ2v) is 6.93. The zero-order valence-corrected chi connectivity index (χ0v) is 13.4. The maximum atomic E-state index is 12.3. The summed E-state index contributed by atoms with van der Waals surface area (Å²) < 4.78 is 5.68. The predicted molar refractivity (Wildman–Crippen MR) is 84.7 cm³/mol. The molecule has 0 aromatic carbocycles. The topological polar surface area (TPSA) is 62.5 Å². The van der Waals surface area contributed by atoms with Gasteiger partial charge in [-0.25, -0.2) is 4.98 Å². The van der Waals surface area contributed by atoms with Gasteiger partial charge in [0, 0.05) is 38.8 Å². The van der Waals surface area contributed by atoms with Gasteiger partial charge in [-0.15, -0.1) is 0 Å². The van der Waals surface area contributed by atoms with E-state index >= 15 is 0 Å². The van der Waals surface area contributed by atoms with Gasteiger partial charge >= 0.3 is 0 Å². The fraction of sp³-hybridized carbons (Fsp3) is 0.562. The van der Waals surface area contributed by atoms with Crippen LogP contribution in [0.15, 0.2) is 22.7 Å². The lowest BCUT2D eigenvalue weighted by molar-refractivity contribution is -0.133. The lowest BCUT2D eigenvalue weighted by Crippen LogP contribution is -2.49. The van der Waals surface area contributed by atoms with Gasteiger partial charge in [-0.1, -0.05) is 20.8 Å². The molecule has 0 bridgehead atoms. The molecule has 1 amide bonds. The van der Waals surface area contributed by atoms with Crippen molar-refractivity contribution in [1.29, 1.82) is 0 Å². The molecular formula is C16H22N4O2. The van der Waals surface area contributed by atoms with E-state index in [-0.39, 0.29) is 11.3 Å². The molecule has 118 valence electrons. The minimum atomic E-state index is 0.0280. The molecule has 0 saturated carbocycles. The molecule has 0 N–H and O–H groups in total. The first-order valence-corrected chi connectivity index (χ1v) is 7.67. The fourth-order valence-corrected chi connectivity index (χ4v) is 2.61. The zero-order valence-electron chi connectivity index (χ0n) is 13.4. The van der Waals surface area contributed by atoms with Gasteiger partial charge in [0.2, 0.25) is 11.6 Å². The average molecular weight is 302 g/mol. The lowest BCUT2D eigenvalue weighted by Gasteiger charge is -2.35. The van der Waals surface area contributed by atoms with Crippen LogP contribution in [0.3, 0.4) is 0 Å². The van der Waals surface area contributed by atoms with Crippen molar-refractivity contribution in [3.63, 3.8) is 0 Å². The molecule has 0 atom stereocenters. The first-order chi connectivity index (χ1) is 10.4. The van der Waals surface area contributed by atoms with E-state index in [0.717, 1.165) is 18.6 Å².